The van der Waals surface area contributed by atoms with Crippen molar-refractivity contribution in [2.24, 2.45) is 16.7 Å². The van der Waals surface area contributed by atoms with E-state index < -0.39 is 161 Å². The van der Waals surface area contributed by atoms with Gasteiger partial charge in [0.2, 0.25) is 12.0 Å². The van der Waals surface area contributed by atoms with Gasteiger partial charge in [-0.25, -0.2) is 14.4 Å². The Bertz CT molecular complexity index is 2960. The predicted octanol–water partition coefficient (Wildman–Crippen LogP) is 3.67. The summed E-state index contributed by atoms with van der Waals surface area (Å²) in [5.74, 6) is -12.7. The van der Waals surface area contributed by atoms with Crippen LogP contribution in [0, 0.1) is 16.7 Å². The molecule has 3 fully saturated rings. The van der Waals surface area contributed by atoms with Crippen molar-refractivity contribution >= 4 is 59.4 Å². The number of carbonyl (C=O) groups is 10. The molecule has 0 spiro atoms. The maximum atomic E-state index is 15.8. The molecule has 0 aromatic heterocycles. The van der Waals surface area contributed by atoms with Gasteiger partial charge in [-0.3, -0.25) is 33.6 Å². The van der Waals surface area contributed by atoms with Gasteiger partial charge in [0.1, 0.15) is 30.0 Å². The van der Waals surface area contributed by atoms with E-state index in [4.69, 9.17) is 33.5 Å². The number of ketones is 1. The Morgan fingerprint density at radius 1 is 0.823 bits per heavy atom. The Labute approximate surface area is 453 Å². The van der Waals surface area contributed by atoms with Crippen LogP contribution in [0.15, 0.2) is 114 Å². The average molecular weight is 1100 g/mol. The molecule has 3 aromatic rings. The summed E-state index contributed by atoms with van der Waals surface area (Å²) in [7, 11) is 0. The van der Waals surface area contributed by atoms with Gasteiger partial charge in [-0.05, 0) is 61.2 Å². The van der Waals surface area contributed by atoms with Crippen LogP contribution in [0.4, 0.5) is 0 Å². The standard InChI is InChI=1S/C57H62N2O20/c1-30-37(76-53(72)46(44(33-17-10-7-11-18-33)59-50(68)34-19-12-8-13-20-34)77-42(66)23-16-24-58-40(63)25-36(51(69)70)26-41(64)65)28-57(73)49(78-52(71)35-21-14-9-15-22-35)47-55(6,38(62)27-39-56(47,29-74-39)79-32(3)61)48(67)45(75-31(2)60)43(30)54(57,4)5/h7-15,17-22,25,37-39,44-47,49,62,73H,16,23-24,26-29H2,1-6H3,(H,58,63)(H,59,68)(H,64,65)(H,69,70)/b36-25-/t37-,38-,39+,44-,45?,46+,47-,49-,55?,56-,57+/m0/s1. The molecule has 2 amide bonds. The molecular formula is C57H62N2O20. The first-order chi connectivity index (χ1) is 37.3. The molecule has 0 radical (unpaired) electrons. The molecule has 1 saturated heterocycles. The van der Waals surface area contributed by atoms with Gasteiger partial charge in [0.25, 0.3) is 5.91 Å². The van der Waals surface area contributed by atoms with Crippen molar-refractivity contribution in [3.63, 3.8) is 0 Å². The Morgan fingerprint density at radius 3 is 1.99 bits per heavy atom. The van der Waals surface area contributed by atoms with Crippen molar-refractivity contribution in [3.05, 3.63) is 130 Å². The van der Waals surface area contributed by atoms with E-state index >= 15 is 9.59 Å². The van der Waals surface area contributed by atoms with Gasteiger partial charge in [0.15, 0.2) is 17.5 Å². The fourth-order valence-corrected chi connectivity index (χ4v) is 11.5. The third kappa shape index (κ3) is 11.7. The van der Waals surface area contributed by atoms with Crippen LogP contribution in [0.2, 0.25) is 0 Å². The number of aliphatic hydroxyl groups is 2. The third-order valence-corrected chi connectivity index (χ3v) is 15.5. The molecule has 4 aliphatic rings. The van der Waals surface area contributed by atoms with Crippen LogP contribution in [0.5, 0.6) is 0 Å². The number of hydrogen-bond donors (Lipinski definition) is 6. The minimum atomic E-state index is -2.54. The highest BCUT2D eigenvalue weighted by Gasteiger charge is 2.78. The summed E-state index contributed by atoms with van der Waals surface area (Å²) in [5, 5.41) is 49.7. The van der Waals surface area contributed by atoms with Gasteiger partial charge >= 0.3 is 41.8 Å². The van der Waals surface area contributed by atoms with E-state index in [1.807, 2.05) is 0 Å². The zero-order valence-corrected chi connectivity index (χ0v) is 44.1. The number of esters is 5. The van der Waals surface area contributed by atoms with E-state index in [1.165, 1.54) is 64.1 Å². The first-order valence-electron chi connectivity index (χ1n) is 25.4. The van der Waals surface area contributed by atoms with Crippen molar-refractivity contribution in [1.82, 2.24) is 10.6 Å². The number of hydrogen-bond acceptors (Lipinski definition) is 18. The molecule has 3 aromatic carbocycles. The molecule has 7 rings (SSSR count). The second kappa shape index (κ2) is 23.5. The molecule has 6 N–H and O–H groups in total. The molecule has 79 heavy (non-hydrogen) atoms. The van der Waals surface area contributed by atoms with E-state index in [0.717, 1.165) is 13.8 Å². The number of amides is 2. The van der Waals surface area contributed by atoms with E-state index in [0.29, 0.717) is 6.08 Å². The van der Waals surface area contributed by atoms with E-state index in [2.05, 4.69) is 10.6 Å². The van der Waals surface area contributed by atoms with Crippen LogP contribution in [0.3, 0.4) is 0 Å². The first kappa shape index (κ1) is 58.6. The van der Waals surface area contributed by atoms with Crippen molar-refractivity contribution in [3.8, 4) is 0 Å². The average Bonchev–Trinajstić information content (AvgIpc) is 1.74. The van der Waals surface area contributed by atoms with E-state index in [1.54, 1.807) is 54.6 Å². The molecule has 22 nitrogen and oxygen atoms in total. The van der Waals surface area contributed by atoms with Crippen LogP contribution in [-0.2, 0) is 66.8 Å². The first-order valence-corrected chi connectivity index (χ1v) is 25.4. The number of carboxylic acid groups (broad SMARTS) is 2. The summed E-state index contributed by atoms with van der Waals surface area (Å²) in [4.78, 5) is 135. The molecule has 11 atom stereocenters. The second-order valence-corrected chi connectivity index (χ2v) is 20.8. The summed E-state index contributed by atoms with van der Waals surface area (Å²) in [5.41, 5.74) is -8.77. The SMILES string of the molecule is CC(=O)OC1C(=O)C2(C)[C@@H](O)C[C@H]3OC[C@@]3(OC(C)=O)[C@H]2[C@H](OC(=O)c2ccccc2)[C@]2(O)C[C@H](OC(=O)[C@H](OC(=O)CCCNC(=O)/C=C(/CC(=O)O)C(=O)O)[C@@H](NC(=O)c3ccccc3)c3ccccc3)C(C)=C1C2(C)C. The van der Waals surface area contributed by atoms with Gasteiger partial charge in [-0.2, -0.15) is 0 Å². The minimum absolute atomic E-state index is 0.00161. The summed E-state index contributed by atoms with van der Waals surface area (Å²) in [6.45, 7) is 7.29. The fraction of sp³-hybridized carbons (Fsp3) is 0.439. The number of benzene rings is 3. The summed E-state index contributed by atoms with van der Waals surface area (Å²) < 4.78 is 36.7. The number of carbonyl (C=O) groups excluding carboxylic acids is 8. The quantitative estimate of drug-likeness (QED) is 0.0328. The Kier molecular flexibility index (Phi) is 17.4. The van der Waals surface area contributed by atoms with E-state index in [-0.39, 0.29) is 47.2 Å². The second-order valence-electron chi connectivity index (χ2n) is 20.8. The molecular weight excluding hydrogens is 1030 g/mol. The van der Waals surface area contributed by atoms with Crippen LogP contribution >= 0.6 is 0 Å². The number of aliphatic carboxylic acids is 2. The highest BCUT2D eigenvalue weighted by Crippen LogP contribution is 2.64. The van der Waals surface area contributed by atoms with Gasteiger partial charge in [-0.1, -0.05) is 80.6 Å². The number of Topliss-reactive ketones (excluding diaryl/α,β-unsaturated/α-hetero) is 1. The lowest BCUT2D eigenvalue weighted by Crippen LogP contribution is -2.82. The number of aliphatic hydroxyl groups excluding tert-OH is 1. The Balaban J connectivity index is 1.34. The third-order valence-electron chi connectivity index (χ3n) is 15.5. The van der Waals surface area contributed by atoms with E-state index in [9.17, 15) is 53.7 Å². The number of carboxylic acids is 2. The van der Waals surface area contributed by atoms with Crippen LogP contribution < -0.4 is 10.6 Å². The maximum Gasteiger partial charge on any atom is 0.350 e. The molecule has 2 unspecified atom stereocenters. The smallest absolute Gasteiger partial charge is 0.350 e. The lowest BCUT2D eigenvalue weighted by Gasteiger charge is -2.67. The lowest BCUT2D eigenvalue weighted by molar-refractivity contribution is -0.346. The van der Waals surface area contributed by atoms with Gasteiger partial charge in [-0.15, -0.1) is 0 Å². The van der Waals surface area contributed by atoms with Gasteiger partial charge in [0, 0.05) is 56.7 Å². The maximum absolute atomic E-state index is 15.8. The number of nitrogens with one attached hydrogen (secondary N) is 2. The Hall–Kier alpha value is -8.08. The monoisotopic (exact) mass is 1090 g/mol. The highest BCUT2D eigenvalue weighted by molar-refractivity contribution is 6.00. The summed E-state index contributed by atoms with van der Waals surface area (Å²) in [6.07, 6.45) is -12.4. The minimum Gasteiger partial charge on any atom is -0.481 e. The highest BCUT2D eigenvalue weighted by atomic mass is 16.6. The number of rotatable bonds is 19. The van der Waals surface area contributed by atoms with Crippen molar-refractivity contribution in [1.29, 1.82) is 0 Å². The van der Waals surface area contributed by atoms with Crippen LogP contribution in [0.1, 0.15) is 106 Å². The van der Waals surface area contributed by atoms with Crippen LogP contribution in [0.25, 0.3) is 0 Å². The topological polar surface area (TPSA) is 331 Å². The van der Waals surface area contributed by atoms with Crippen molar-refractivity contribution in [2.45, 2.75) is 128 Å². The molecule has 420 valence electrons. The lowest BCUT2D eigenvalue weighted by atomic mass is 9.44. The normalized spacial score (nSPS) is 27.5. The predicted molar refractivity (Wildman–Crippen MR) is 272 cm³/mol. The summed E-state index contributed by atoms with van der Waals surface area (Å²) in [6, 6.07) is 21.8. The number of fused-ring (bicyclic) bond motifs is 5. The van der Waals surface area contributed by atoms with Crippen molar-refractivity contribution < 1.29 is 96.8 Å². The molecule has 1 aliphatic heterocycles. The molecule has 2 saturated carbocycles. The fourth-order valence-electron chi connectivity index (χ4n) is 11.5. The van der Waals surface area contributed by atoms with Gasteiger partial charge in [0.05, 0.1) is 41.6 Å². The van der Waals surface area contributed by atoms with Crippen molar-refractivity contribution in [2.75, 3.05) is 13.2 Å². The molecule has 22 heteroatoms. The van der Waals surface area contributed by atoms with Gasteiger partial charge < -0.3 is 59.5 Å². The zero-order chi connectivity index (χ0) is 57.8. The molecule has 1 heterocycles. The molecule has 3 aliphatic carbocycles. The molecule has 2 bridgehead atoms. The van der Waals surface area contributed by atoms with Crippen LogP contribution in [-0.4, -0.2) is 141 Å². The number of ether oxygens (including phenoxy) is 6. The summed E-state index contributed by atoms with van der Waals surface area (Å²) >= 11 is 0. The zero-order valence-electron chi connectivity index (χ0n) is 44.1. The largest absolute Gasteiger partial charge is 0.481 e. The Morgan fingerprint density at radius 2 is 1.43 bits per heavy atom.